The molecular weight excluding hydrogens is 288 g/mol. The molecule has 0 spiro atoms. The van der Waals surface area contributed by atoms with Crippen molar-refractivity contribution in [1.29, 1.82) is 0 Å². The molecule has 122 valence electrons. The Morgan fingerprint density at radius 3 is 2.83 bits per heavy atom. The molecule has 3 N–H and O–H groups in total. The summed E-state index contributed by atoms with van der Waals surface area (Å²) in [6.07, 6.45) is 0.897. The zero-order chi connectivity index (χ0) is 16.2. The summed E-state index contributed by atoms with van der Waals surface area (Å²) in [4.78, 5) is 12.5. The van der Waals surface area contributed by atoms with E-state index in [9.17, 15) is 4.79 Å². The summed E-state index contributed by atoms with van der Waals surface area (Å²) in [5.41, 5.74) is 3.88. The van der Waals surface area contributed by atoms with Gasteiger partial charge in [-0.3, -0.25) is 9.89 Å². The summed E-state index contributed by atoms with van der Waals surface area (Å²) in [5.74, 6) is 0.660. The van der Waals surface area contributed by atoms with Crippen LogP contribution in [-0.2, 0) is 13.0 Å². The van der Waals surface area contributed by atoms with E-state index in [-0.39, 0.29) is 5.91 Å². The molecule has 1 aliphatic rings. The lowest BCUT2D eigenvalue weighted by molar-refractivity contribution is 0.0943. The molecule has 23 heavy (non-hydrogen) atoms. The Balaban J connectivity index is 1.69. The van der Waals surface area contributed by atoms with Crippen molar-refractivity contribution in [3.8, 4) is 0 Å². The van der Waals surface area contributed by atoms with Crippen LogP contribution in [0.3, 0.4) is 0 Å². The van der Waals surface area contributed by atoms with E-state index in [1.165, 1.54) is 5.56 Å². The highest BCUT2D eigenvalue weighted by molar-refractivity contribution is 5.94. The number of benzene rings is 1. The Hall–Kier alpha value is -2.14. The maximum absolute atomic E-state index is 12.5. The third kappa shape index (κ3) is 3.45. The average molecular weight is 312 g/mol. The van der Waals surface area contributed by atoms with E-state index in [0.717, 1.165) is 24.2 Å². The Morgan fingerprint density at radius 1 is 1.30 bits per heavy atom. The molecule has 3 rings (SSSR count). The SMILES string of the molecule is CC(C)C(CNC(=O)c1n[nH]c2c1CNCC2)c1ccccc1. The van der Waals surface area contributed by atoms with Gasteiger partial charge in [0.1, 0.15) is 0 Å². The van der Waals surface area contributed by atoms with Crippen LogP contribution in [0.15, 0.2) is 30.3 Å². The molecular formula is C18H24N4O. The minimum atomic E-state index is -0.0900. The number of aromatic nitrogens is 2. The summed E-state index contributed by atoms with van der Waals surface area (Å²) < 4.78 is 0. The quantitative estimate of drug-likeness (QED) is 0.793. The van der Waals surface area contributed by atoms with Gasteiger partial charge >= 0.3 is 0 Å². The molecule has 1 aromatic carbocycles. The molecule has 0 radical (unpaired) electrons. The Kier molecular flexibility index (Phi) is 4.76. The van der Waals surface area contributed by atoms with Crippen LogP contribution in [0.25, 0.3) is 0 Å². The molecule has 1 aliphatic heterocycles. The van der Waals surface area contributed by atoms with Crippen molar-refractivity contribution >= 4 is 5.91 Å². The smallest absolute Gasteiger partial charge is 0.272 e. The first-order valence-electron chi connectivity index (χ1n) is 8.26. The van der Waals surface area contributed by atoms with Gasteiger partial charge in [0, 0.05) is 43.2 Å². The van der Waals surface area contributed by atoms with E-state index >= 15 is 0 Å². The first-order chi connectivity index (χ1) is 11.2. The number of amides is 1. The topological polar surface area (TPSA) is 69.8 Å². The van der Waals surface area contributed by atoms with Crippen molar-refractivity contribution in [2.75, 3.05) is 13.1 Å². The highest BCUT2D eigenvalue weighted by atomic mass is 16.1. The number of rotatable bonds is 5. The molecule has 0 saturated carbocycles. The fourth-order valence-electron chi connectivity index (χ4n) is 3.14. The van der Waals surface area contributed by atoms with Gasteiger partial charge in [-0.2, -0.15) is 5.10 Å². The van der Waals surface area contributed by atoms with Crippen LogP contribution in [0.2, 0.25) is 0 Å². The average Bonchev–Trinajstić information content (AvgIpc) is 2.99. The second-order valence-corrected chi connectivity index (χ2v) is 6.43. The van der Waals surface area contributed by atoms with Gasteiger partial charge in [-0.05, 0) is 11.5 Å². The van der Waals surface area contributed by atoms with Crippen molar-refractivity contribution in [2.24, 2.45) is 5.92 Å². The van der Waals surface area contributed by atoms with E-state index in [1.54, 1.807) is 0 Å². The van der Waals surface area contributed by atoms with Crippen molar-refractivity contribution in [3.63, 3.8) is 0 Å². The van der Waals surface area contributed by atoms with Crippen LogP contribution in [0.1, 0.15) is 47.1 Å². The predicted molar refractivity (Wildman–Crippen MR) is 90.4 cm³/mol. The minimum Gasteiger partial charge on any atom is -0.350 e. The number of aromatic amines is 1. The van der Waals surface area contributed by atoms with Crippen LogP contribution in [0.4, 0.5) is 0 Å². The van der Waals surface area contributed by atoms with Gasteiger partial charge in [-0.15, -0.1) is 0 Å². The van der Waals surface area contributed by atoms with Crippen molar-refractivity contribution in [3.05, 3.63) is 52.8 Å². The first-order valence-corrected chi connectivity index (χ1v) is 8.26. The van der Waals surface area contributed by atoms with Gasteiger partial charge in [0.05, 0.1) is 0 Å². The van der Waals surface area contributed by atoms with Crippen molar-refractivity contribution < 1.29 is 4.79 Å². The number of H-pyrrole nitrogens is 1. The summed E-state index contributed by atoms with van der Waals surface area (Å²) in [7, 11) is 0. The molecule has 5 heteroatoms. The lowest BCUT2D eigenvalue weighted by Crippen LogP contribution is -2.32. The molecule has 2 aromatic rings. The summed E-state index contributed by atoms with van der Waals surface area (Å²) >= 11 is 0. The molecule has 0 fully saturated rings. The van der Waals surface area contributed by atoms with Crippen LogP contribution in [0.5, 0.6) is 0 Å². The van der Waals surface area contributed by atoms with Crippen LogP contribution in [0, 0.1) is 5.92 Å². The maximum atomic E-state index is 12.5. The standard InChI is InChI=1S/C18H24N4O/c1-12(2)14(13-6-4-3-5-7-13)11-20-18(23)17-15-10-19-9-8-16(15)21-22-17/h3-7,12,14,19H,8-11H2,1-2H3,(H,20,23)(H,21,22). The number of hydrogen-bond donors (Lipinski definition) is 3. The van der Waals surface area contributed by atoms with Gasteiger partial charge < -0.3 is 10.6 Å². The zero-order valence-corrected chi connectivity index (χ0v) is 13.7. The molecule has 1 unspecified atom stereocenters. The minimum absolute atomic E-state index is 0.0900. The number of carbonyl (C=O) groups excluding carboxylic acids is 1. The zero-order valence-electron chi connectivity index (χ0n) is 13.7. The number of fused-ring (bicyclic) bond motifs is 1. The van der Waals surface area contributed by atoms with Crippen LogP contribution < -0.4 is 10.6 Å². The number of nitrogens with zero attached hydrogens (tertiary/aromatic N) is 1. The normalized spacial score (nSPS) is 15.3. The third-order valence-corrected chi connectivity index (χ3v) is 4.54. The van der Waals surface area contributed by atoms with Crippen LogP contribution in [-0.4, -0.2) is 29.2 Å². The van der Waals surface area contributed by atoms with Gasteiger partial charge in [-0.25, -0.2) is 0 Å². The largest absolute Gasteiger partial charge is 0.350 e. The van der Waals surface area contributed by atoms with E-state index in [0.29, 0.717) is 30.6 Å². The van der Waals surface area contributed by atoms with E-state index in [2.05, 4.69) is 46.8 Å². The first kappa shape index (κ1) is 15.7. The third-order valence-electron chi connectivity index (χ3n) is 4.54. The molecule has 2 heterocycles. The summed E-state index contributed by atoms with van der Waals surface area (Å²) in [6.45, 7) is 6.63. The summed E-state index contributed by atoms with van der Waals surface area (Å²) in [6, 6.07) is 10.3. The second-order valence-electron chi connectivity index (χ2n) is 6.43. The molecule has 1 aromatic heterocycles. The lowest BCUT2D eigenvalue weighted by atomic mass is 9.88. The second kappa shape index (κ2) is 6.96. The Morgan fingerprint density at radius 2 is 2.09 bits per heavy atom. The van der Waals surface area contributed by atoms with E-state index in [1.807, 2.05) is 18.2 Å². The van der Waals surface area contributed by atoms with Crippen molar-refractivity contribution in [1.82, 2.24) is 20.8 Å². The number of hydrogen-bond acceptors (Lipinski definition) is 3. The molecule has 0 aliphatic carbocycles. The van der Waals surface area contributed by atoms with Gasteiger partial charge in [0.2, 0.25) is 0 Å². The maximum Gasteiger partial charge on any atom is 0.272 e. The monoisotopic (exact) mass is 312 g/mol. The molecule has 1 amide bonds. The van der Waals surface area contributed by atoms with E-state index < -0.39 is 0 Å². The Labute approximate surface area is 136 Å². The highest BCUT2D eigenvalue weighted by Crippen LogP contribution is 2.23. The van der Waals surface area contributed by atoms with E-state index in [4.69, 9.17) is 0 Å². The molecule has 5 nitrogen and oxygen atoms in total. The van der Waals surface area contributed by atoms with Gasteiger partial charge in [0.25, 0.3) is 5.91 Å². The fourth-order valence-corrected chi connectivity index (χ4v) is 3.14. The molecule has 0 bridgehead atoms. The van der Waals surface area contributed by atoms with Gasteiger partial charge in [-0.1, -0.05) is 44.2 Å². The fraction of sp³-hybridized carbons (Fsp3) is 0.444. The number of carbonyl (C=O) groups is 1. The number of nitrogens with one attached hydrogen (secondary N) is 3. The van der Waals surface area contributed by atoms with Crippen molar-refractivity contribution in [2.45, 2.75) is 32.7 Å². The summed E-state index contributed by atoms with van der Waals surface area (Å²) in [5, 5.41) is 13.6. The Bertz CT molecular complexity index is 663. The lowest BCUT2D eigenvalue weighted by Gasteiger charge is -2.22. The highest BCUT2D eigenvalue weighted by Gasteiger charge is 2.23. The van der Waals surface area contributed by atoms with Crippen LogP contribution >= 0.6 is 0 Å². The molecule has 1 atom stereocenters. The van der Waals surface area contributed by atoms with Gasteiger partial charge in [0.15, 0.2) is 5.69 Å². The molecule has 0 saturated heterocycles. The predicted octanol–water partition coefficient (Wildman–Crippen LogP) is 2.22.